The summed E-state index contributed by atoms with van der Waals surface area (Å²) >= 11 is 1.77. The maximum atomic E-state index is 9.54. The summed E-state index contributed by atoms with van der Waals surface area (Å²) in [5.41, 5.74) is 1.09. The van der Waals surface area contributed by atoms with Crippen LogP contribution >= 0.6 is 11.3 Å². The number of aromatic nitrogens is 1. The molecule has 1 fully saturated rings. The van der Waals surface area contributed by atoms with E-state index in [2.05, 4.69) is 30.4 Å². The molecule has 19 heavy (non-hydrogen) atoms. The van der Waals surface area contributed by atoms with E-state index < -0.39 is 0 Å². The predicted octanol–water partition coefficient (Wildman–Crippen LogP) is 3.25. The van der Waals surface area contributed by atoms with Gasteiger partial charge in [0.2, 0.25) is 0 Å². The molecule has 1 aliphatic carbocycles. The lowest BCUT2D eigenvalue weighted by Gasteiger charge is -2.28. The maximum Gasteiger partial charge on any atom is 0.111 e. The Morgan fingerprint density at radius 3 is 2.74 bits per heavy atom. The van der Waals surface area contributed by atoms with Gasteiger partial charge in [0.1, 0.15) is 5.01 Å². The lowest BCUT2D eigenvalue weighted by atomic mass is 9.93. The van der Waals surface area contributed by atoms with E-state index in [9.17, 15) is 5.11 Å². The van der Waals surface area contributed by atoms with Gasteiger partial charge in [-0.1, -0.05) is 12.1 Å². The van der Waals surface area contributed by atoms with Crippen molar-refractivity contribution in [3.8, 4) is 0 Å². The number of para-hydroxylation sites is 1. The summed E-state index contributed by atoms with van der Waals surface area (Å²) in [4.78, 5) is 4.70. The number of hydrogen-bond acceptors (Lipinski definition) is 4. The number of thiazole rings is 1. The summed E-state index contributed by atoms with van der Waals surface area (Å²) in [6, 6.07) is 9.10. The third kappa shape index (κ3) is 2.96. The van der Waals surface area contributed by atoms with E-state index >= 15 is 0 Å². The second kappa shape index (κ2) is 5.57. The van der Waals surface area contributed by atoms with Crippen LogP contribution in [0, 0.1) is 0 Å². The van der Waals surface area contributed by atoms with Crippen molar-refractivity contribution in [2.45, 2.75) is 50.8 Å². The molecule has 2 aromatic rings. The smallest absolute Gasteiger partial charge is 0.111 e. The summed E-state index contributed by atoms with van der Waals surface area (Å²) in [6.07, 6.45) is 3.89. The minimum Gasteiger partial charge on any atom is -0.393 e. The first kappa shape index (κ1) is 13.0. The van der Waals surface area contributed by atoms with Crippen molar-refractivity contribution >= 4 is 21.6 Å². The Morgan fingerprint density at radius 2 is 2.00 bits per heavy atom. The molecule has 0 amide bonds. The Bertz CT molecular complexity index is 513. The first-order valence-electron chi connectivity index (χ1n) is 7.02. The van der Waals surface area contributed by atoms with E-state index in [4.69, 9.17) is 4.98 Å². The normalized spacial score (nSPS) is 25.6. The van der Waals surface area contributed by atoms with Crippen molar-refractivity contribution in [2.24, 2.45) is 0 Å². The molecule has 0 radical (unpaired) electrons. The quantitative estimate of drug-likeness (QED) is 0.904. The average Bonchev–Trinajstić information content (AvgIpc) is 2.85. The topological polar surface area (TPSA) is 45.1 Å². The zero-order valence-electron chi connectivity index (χ0n) is 11.2. The largest absolute Gasteiger partial charge is 0.393 e. The van der Waals surface area contributed by atoms with Crippen LogP contribution in [0.4, 0.5) is 0 Å². The van der Waals surface area contributed by atoms with Gasteiger partial charge in [-0.05, 0) is 44.7 Å². The van der Waals surface area contributed by atoms with Crippen LogP contribution < -0.4 is 5.32 Å². The Kier molecular flexibility index (Phi) is 3.82. The molecule has 4 heteroatoms. The fraction of sp³-hybridized carbons (Fsp3) is 0.533. The highest BCUT2D eigenvalue weighted by molar-refractivity contribution is 7.18. The fourth-order valence-corrected chi connectivity index (χ4v) is 3.72. The molecule has 1 aliphatic rings. The van der Waals surface area contributed by atoms with Crippen LogP contribution in [0.25, 0.3) is 10.2 Å². The second-order valence-corrected chi connectivity index (χ2v) is 6.48. The van der Waals surface area contributed by atoms with Gasteiger partial charge in [0.25, 0.3) is 0 Å². The van der Waals surface area contributed by atoms with Gasteiger partial charge < -0.3 is 10.4 Å². The SMILES string of the molecule is CC(NC1CCC(O)CC1)c1nc2ccccc2s1. The van der Waals surface area contributed by atoms with Gasteiger partial charge in [-0.25, -0.2) is 4.98 Å². The molecule has 1 aromatic carbocycles. The number of benzene rings is 1. The summed E-state index contributed by atoms with van der Waals surface area (Å²) in [7, 11) is 0. The molecule has 0 spiro atoms. The molecule has 1 saturated carbocycles. The standard InChI is InChI=1S/C15H20N2OS/c1-10(16-11-6-8-12(18)9-7-11)15-17-13-4-2-3-5-14(13)19-15/h2-5,10-12,16,18H,6-9H2,1H3. The van der Waals surface area contributed by atoms with Gasteiger partial charge in [-0.15, -0.1) is 11.3 Å². The number of nitrogens with one attached hydrogen (secondary N) is 1. The minimum absolute atomic E-state index is 0.0872. The van der Waals surface area contributed by atoms with Crippen molar-refractivity contribution in [1.82, 2.24) is 10.3 Å². The molecule has 3 nitrogen and oxygen atoms in total. The van der Waals surface area contributed by atoms with E-state index in [0.717, 1.165) is 36.2 Å². The van der Waals surface area contributed by atoms with Crippen LogP contribution in [-0.4, -0.2) is 22.2 Å². The van der Waals surface area contributed by atoms with E-state index in [1.54, 1.807) is 11.3 Å². The first-order valence-corrected chi connectivity index (χ1v) is 7.83. The van der Waals surface area contributed by atoms with Crippen molar-refractivity contribution in [2.75, 3.05) is 0 Å². The van der Waals surface area contributed by atoms with Gasteiger partial charge in [0.15, 0.2) is 0 Å². The van der Waals surface area contributed by atoms with E-state index in [-0.39, 0.29) is 12.1 Å². The van der Waals surface area contributed by atoms with Gasteiger partial charge >= 0.3 is 0 Å². The van der Waals surface area contributed by atoms with Crippen LogP contribution in [0.2, 0.25) is 0 Å². The lowest BCUT2D eigenvalue weighted by Crippen LogP contribution is -2.36. The van der Waals surface area contributed by atoms with Crippen molar-refractivity contribution in [3.05, 3.63) is 29.3 Å². The Hall–Kier alpha value is -0.970. The van der Waals surface area contributed by atoms with Crippen LogP contribution in [0.5, 0.6) is 0 Å². The van der Waals surface area contributed by atoms with Crippen molar-refractivity contribution < 1.29 is 5.11 Å². The monoisotopic (exact) mass is 276 g/mol. The van der Waals surface area contributed by atoms with Crippen LogP contribution in [-0.2, 0) is 0 Å². The molecule has 0 aliphatic heterocycles. The van der Waals surface area contributed by atoms with Crippen LogP contribution in [0.1, 0.15) is 43.7 Å². The zero-order chi connectivity index (χ0) is 13.2. The van der Waals surface area contributed by atoms with E-state index in [1.165, 1.54) is 4.70 Å². The number of aliphatic hydroxyl groups is 1. The molecule has 2 N–H and O–H groups in total. The third-order valence-corrected chi connectivity index (χ3v) is 5.08. The lowest BCUT2D eigenvalue weighted by molar-refractivity contribution is 0.114. The van der Waals surface area contributed by atoms with E-state index in [0.29, 0.717) is 6.04 Å². The average molecular weight is 276 g/mol. The highest BCUT2D eigenvalue weighted by Crippen LogP contribution is 2.28. The van der Waals surface area contributed by atoms with Gasteiger partial charge in [0.05, 0.1) is 22.4 Å². The molecular weight excluding hydrogens is 256 g/mol. The third-order valence-electron chi connectivity index (χ3n) is 3.86. The summed E-state index contributed by atoms with van der Waals surface area (Å²) in [5, 5.41) is 14.3. The predicted molar refractivity (Wildman–Crippen MR) is 79.4 cm³/mol. The number of rotatable bonds is 3. The fourth-order valence-electron chi connectivity index (χ4n) is 2.74. The Labute approximate surface area is 117 Å². The molecule has 3 rings (SSSR count). The Balaban J connectivity index is 1.68. The number of fused-ring (bicyclic) bond motifs is 1. The van der Waals surface area contributed by atoms with Crippen LogP contribution in [0.3, 0.4) is 0 Å². The molecule has 1 unspecified atom stereocenters. The molecule has 1 atom stereocenters. The van der Waals surface area contributed by atoms with Gasteiger partial charge in [-0.3, -0.25) is 0 Å². The molecule has 0 saturated heterocycles. The van der Waals surface area contributed by atoms with Crippen molar-refractivity contribution in [3.63, 3.8) is 0 Å². The van der Waals surface area contributed by atoms with Crippen LogP contribution in [0.15, 0.2) is 24.3 Å². The van der Waals surface area contributed by atoms with Crippen molar-refractivity contribution in [1.29, 1.82) is 0 Å². The number of nitrogens with zero attached hydrogens (tertiary/aromatic N) is 1. The summed E-state index contributed by atoms with van der Waals surface area (Å²) in [6.45, 7) is 2.18. The maximum absolute atomic E-state index is 9.54. The number of hydrogen-bond donors (Lipinski definition) is 2. The molecule has 0 bridgehead atoms. The molecule has 102 valence electrons. The minimum atomic E-state index is -0.0872. The molecule has 1 heterocycles. The zero-order valence-corrected chi connectivity index (χ0v) is 12.0. The molecule has 1 aromatic heterocycles. The van der Waals surface area contributed by atoms with E-state index in [1.807, 2.05) is 6.07 Å². The molecular formula is C15H20N2OS. The Morgan fingerprint density at radius 1 is 1.26 bits per heavy atom. The first-order chi connectivity index (χ1) is 9.22. The summed E-state index contributed by atoms with van der Waals surface area (Å²) in [5.74, 6) is 0. The van der Waals surface area contributed by atoms with Gasteiger partial charge in [0, 0.05) is 6.04 Å². The second-order valence-electron chi connectivity index (χ2n) is 5.41. The summed E-state index contributed by atoms with van der Waals surface area (Å²) < 4.78 is 1.25. The highest BCUT2D eigenvalue weighted by atomic mass is 32.1. The van der Waals surface area contributed by atoms with Gasteiger partial charge in [-0.2, -0.15) is 0 Å². The highest BCUT2D eigenvalue weighted by Gasteiger charge is 2.22. The number of aliphatic hydroxyl groups excluding tert-OH is 1.